The first kappa shape index (κ1) is 16.6. The summed E-state index contributed by atoms with van der Waals surface area (Å²) < 4.78 is 11.0. The van der Waals surface area contributed by atoms with Crippen LogP contribution in [0.2, 0.25) is 0 Å². The van der Waals surface area contributed by atoms with Crippen LogP contribution in [0.4, 0.5) is 0 Å². The number of hydrazine groups is 1. The first-order chi connectivity index (χ1) is 9.77. The molecule has 0 spiro atoms. The van der Waals surface area contributed by atoms with Gasteiger partial charge in [-0.25, -0.2) is 5.84 Å². The minimum absolute atomic E-state index is 0.208. The van der Waals surface area contributed by atoms with Crippen LogP contribution in [0.5, 0.6) is 0 Å². The largest absolute Gasteiger partial charge is 0.379 e. The molecule has 0 atom stereocenters. The van der Waals surface area contributed by atoms with Crippen molar-refractivity contribution in [1.29, 1.82) is 0 Å². The minimum Gasteiger partial charge on any atom is -0.379 e. The van der Waals surface area contributed by atoms with Crippen molar-refractivity contribution in [2.75, 3.05) is 19.8 Å². The van der Waals surface area contributed by atoms with E-state index in [1.54, 1.807) is 0 Å². The fraction of sp³-hybridized carbons (Fsp3) is 0.533. The van der Waals surface area contributed by atoms with Gasteiger partial charge < -0.3 is 9.47 Å². The van der Waals surface area contributed by atoms with Gasteiger partial charge in [-0.15, -0.1) is 0 Å². The number of nitrogens with one attached hydrogen (secondary N) is 1. The van der Waals surface area contributed by atoms with Crippen molar-refractivity contribution in [1.82, 2.24) is 5.43 Å². The highest BCUT2D eigenvalue weighted by Crippen LogP contribution is 2.11. The number of carbonyl (C=O) groups is 1. The summed E-state index contributed by atoms with van der Waals surface area (Å²) in [4.78, 5) is 11.3. The summed E-state index contributed by atoms with van der Waals surface area (Å²) in [6, 6.07) is 7.69. The van der Waals surface area contributed by atoms with E-state index in [0.717, 1.165) is 30.6 Å². The highest BCUT2D eigenvalue weighted by molar-refractivity contribution is 5.78. The molecular formula is C15H24N2O3. The molecule has 0 bridgehead atoms. The van der Waals surface area contributed by atoms with Gasteiger partial charge >= 0.3 is 0 Å². The quantitative estimate of drug-likeness (QED) is 0.295. The van der Waals surface area contributed by atoms with Gasteiger partial charge in [-0.05, 0) is 17.5 Å². The van der Waals surface area contributed by atoms with E-state index in [2.05, 4.69) is 12.3 Å². The summed E-state index contributed by atoms with van der Waals surface area (Å²) in [5, 5.41) is 0. The molecule has 1 aromatic rings. The van der Waals surface area contributed by atoms with Crippen molar-refractivity contribution < 1.29 is 14.3 Å². The summed E-state index contributed by atoms with van der Waals surface area (Å²) in [6.45, 7) is 4.55. The van der Waals surface area contributed by atoms with Crippen LogP contribution in [0, 0.1) is 0 Å². The van der Waals surface area contributed by atoms with Gasteiger partial charge in [-0.2, -0.15) is 0 Å². The van der Waals surface area contributed by atoms with Crippen LogP contribution in [0.1, 0.15) is 30.9 Å². The zero-order chi connectivity index (χ0) is 14.6. The number of ether oxygens (including phenoxy) is 2. The first-order valence-electron chi connectivity index (χ1n) is 6.99. The molecule has 0 aliphatic heterocycles. The Morgan fingerprint density at radius 2 is 1.85 bits per heavy atom. The normalized spacial score (nSPS) is 10.5. The lowest BCUT2D eigenvalue weighted by atomic mass is 10.1. The Kier molecular flexibility index (Phi) is 8.62. The topological polar surface area (TPSA) is 73.6 Å². The maximum absolute atomic E-state index is 11.3. The Labute approximate surface area is 120 Å². The van der Waals surface area contributed by atoms with Gasteiger partial charge in [-0.3, -0.25) is 10.2 Å². The molecule has 0 saturated heterocycles. The summed E-state index contributed by atoms with van der Waals surface area (Å²) in [5.41, 5.74) is 4.07. The zero-order valence-corrected chi connectivity index (χ0v) is 12.1. The predicted octanol–water partition coefficient (Wildman–Crippen LogP) is 1.55. The number of unbranched alkanes of at least 4 members (excludes halogenated alkanes) is 1. The van der Waals surface area contributed by atoms with E-state index < -0.39 is 0 Å². The van der Waals surface area contributed by atoms with Crippen molar-refractivity contribution in [2.45, 2.75) is 32.8 Å². The van der Waals surface area contributed by atoms with Crippen LogP contribution in [0.3, 0.4) is 0 Å². The molecule has 0 aromatic heterocycles. The average molecular weight is 280 g/mol. The molecule has 0 heterocycles. The smallest absolute Gasteiger partial charge is 0.238 e. The Bertz CT molecular complexity index is 396. The van der Waals surface area contributed by atoms with E-state index in [1.165, 1.54) is 0 Å². The van der Waals surface area contributed by atoms with E-state index in [1.807, 2.05) is 24.3 Å². The number of nitrogens with two attached hydrogens (primary N) is 1. The van der Waals surface area contributed by atoms with Crippen LogP contribution < -0.4 is 11.3 Å². The lowest BCUT2D eigenvalue weighted by molar-refractivity contribution is -0.120. The fourth-order valence-corrected chi connectivity index (χ4v) is 1.74. The highest BCUT2D eigenvalue weighted by atomic mass is 16.5. The summed E-state index contributed by atoms with van der Waals surface area (Å²) in [5.74, 6) is 4.89. The molecule has 5 nitrogen and oxygen atoms in total. The summed E-state index contributed by atoms with van der Waals surface area (Å²) >= 11 is 0. The second kappa shape index (κ2) is 10.4. The minimum atomic E-state index is -0.208. The van der Waals surface area contributed by atoms with Crippen LogP contribution in [-0.4, -0.2) is 25.7 Å². The van der Waals surface area contributed by atoms with Crippen molar-refractivity contribution in [3.8, 4) is 0 Å². The third-order valence-electron chi connectivity index (χ3n) is 2.90. The molecule has 3 N–H and O–H groups in total. The number of hydrogen-bond acceptors (Lipinski definition) is 4. The van der Waals surface area contributed by atoms with Gasteiger partial charge in [0.15, 0.2) is 0 Å². The second-order valence-electron chi connectivity index (χ2n) is 4.53. The molecule has 0 aliphatic carbocycles. The van der Waals surface area contributed by atoms with Gasteiger partial charge in [0.25, 0.3) is 0 Å². The van der Waals surface area contributed by atoms with Crippen molar-refractivity contribution >= 4 is 5.91 Å². The summed E-state index contributed by atoms with van der Waals surface area (Å²) in [7, 11) is 0. The van der Waals surface area contributed by atoms with Crippen molar-refractivity contribution in [2.24, 2.45) is 5.84 Å². The predicted molar refractivity (Wildman–Crippen MR) is 77.9 cm³/mol. The zero-order valence-electron chi connectivity index (χ0n) is 12.1. The molecule has 0 radical (unpaired) electrons. The molecule has 0 fully saturated rings. The standard InChI is InChI=1S/C15H24N2O3/c1-2-3-8-19-9-10-20-12-14-7-5-4-6-13(14)11-15(18)17-16/h4-7H,2-3,8-12,16H2,1H3,(H,17,18). The lowest BCUT2D eigenvalue weighted by Crippen LogP contribution is -2.31. The monoisotopic (exact) mass is 280 g/mol. The molecule has 1 amide bonds. The molecule has 20 heavy (non-hydrogen) atoms. The number of hydrogen-bond donors (Lipinski definition) is 2. The molecule has 112 valence electrons. The van der Waals surface area contributed by atoms with E-state index in [-0.39, 0.29) is 12.3 Å². The third kappa shape index (κ3) is 6.65. The highest BCUT2D eigenvalue weighted by Gasteiger charge is 2.06. The van der Waals surface area contributed by atoms with E-state index in [0.29, 0.717) is 19.8 Å². The number of benzene rings is 1. The lowest BCUT2D eigenvalue weighted by Gasteiger charge is -2.10. The van der Waals surface area contributed by atoms with Crippen LogP contribution in [-0.2, 0) is 27.3 Å². The van der Waals surface area contributed by atoms with Gasteiger partial charge in [0.05, 0.1) is 26.2 Å². The maximum Gasteiger partial charge on any atom is 0.238 e. The fourth-order valence-electron chi connectivity index (χ4n) is 1.74. The van der Waals surface area contributed by atoms with Gasteiger partial charge in [-0.1, -0.05) is 37.6 Å². The van der Waals surface area contributed by atoms with Gasteiger partial charge in [0.2, 0.25) is 5.91 Å². The molecule has 0 unspecified atom stereocenters. The molecule has 0 saturated carbocycles. The Morgan fingerprint density at radius 1 is 1.15 bits per heavy atom. The van der Waals surface area contributed by atoms with E-state index >= 15 is 0 Å². The van der Waals surface area contributed by atoms with E-state index in [4.69, 9.17) is 15.3 Å². The average Bonchev–Trinajstić information content (AvgIpc) is 2.47. The molecule has 5 heteroatoms. The number of rotatable bonds is 10. The second-order valence-corrected chi connectivity index (χ2v) is 4.53. The Balaban J connectivity index is 2.30. The SMILES string of the molecule is CCCCOCCOCc1ccccc1CC(=O)NN. The molecule has 0 aliphatic rings. The van der Waals surface area contributed by atoms with Crippen LogP contribution >= 0.6 is 0 Å². The van der Waals surface area contributed by atoms with E-state index in [9.17, 15) is 4.79 Å². The van der Waals surface area contributed by atoms with Gasteiger partial charge in [0, 0.05) is 6.61 Å². The van der Waals surface area contributed by atoms with Crippen molar-refractivity contribution in [3.05, 3.63) is 35.4 Å². The number of amides is 1. The third-order valence-corrected chi connectivity index (χ3v) is 2.90. The van der Waals surface area contributed by atoms with Crippen molar-refractivity contribution in [3.63, 3.8) is 0 Å². The maximum atomic E-state index is 11.3. The van der Waals surface area contributed by atoms with Gasteiger partial charge in [0.1, 0.15) is 0 Å². The van der Waals surface area contributed by atoms with Crippen LogP contribution in [0.15, 0.2) is 24.3 Å². The molecular weight excluding hydrogens is 256 g/mol. The number of carbonyl (C=O) groups excluding carboxylic acids is 1. The Morgan fingerprint density at radius 3 is 2.55 bits per heavy atom. The summed E-state index contributed by atoms with van der Waals surface area (Å²) in [6.07, 6.45) is 2.48. The van der Waals surface area contributed by atoms with Crippen LogP contribution in [0.25, 0.3) is 0 Å². The molecule has 1 rings (SSSR count). The Hall–Kier alpha value is -1.43. The first-order valence-corrected chi connectivity index (χ1v) is 6.99. The molecule has 1 aromatic carbocycles.